The van der Waals surface area contributed by atoms with Gasteiger partial charge in [-0.2, -0.15) is 0 Å². The summed E-state index contributed by atoms with van der Waals surface area (Å²) in [7, 11) is 1.96. The molecule has 1 aromatic carbocycles. The van der Waals surface area contributed by atoms with Crippen LogP contribution in [-0.2, 0) is 13.2 Å². The number of aliphatic hydroxyl groups is 1. The number of pyridine rings is 1. The van der Waals surface area contributed by atoms with Crippen LogP contribution in [0.25, 0.3) is 10.9 Å². The van der Waals surface area contributed by atoms with Crippen LogP contribution in [0.5, 0.6) is 0 Å². The van der Waals surface area contributed by atoms with Gasteiger partial charge >= 0.3 is 0 Å². The van der Waals surface area contributed by atoms with E-state index in [4.69, 9.17) is 4.42 Å². The Balaban J connectivity index is 2.00. The summed E-state index contributed by atoms with van der Waals surface area (Å²) in [6.07, 6.45) is 3.38. The number of benzene rings is 1. The highest BCUT2D eigenvalue weighted by Gasteiger charge is 2.11. The number of hydrogen-bond acceptors (Lipinski definition) is 4. The highest BCUT2D eigenvalue weighted by molar-refractivity contribution is 5.81. The largest absolute Gasteiger partial charge is 0.472 e. The first-order chi connectivity index (χ1) is 9.78. The van der Waals surface area contributed by atoms with Crippen LogP contribution < -0.4 is 4.90 Å². The SMILES string of the molecule is CN(Cc1ccoc1)c1nc2ccccc2cc1CO. The third-order valence-electron chi connectivity index (χ3n) is 3.31. The first-order valence-corrected chi connectivity index (χ1v) is 6.49. The molecule has 4 heteroatoms. The van der Waals surface area contributed by atoms with Crippen molar-refractivity contribution < 1.29 is 9.52 Å². The normalized spacial score (nSPS) is 10.9. The standard InChI is InChI=1S/C16H16N2O2/c1-18(9-12-6-7-20-11-12)16-14(10-19)8-13-4-2-3-5-15(13)17-16/h2-8,11,19H,9-10H2,1H3. The molecule has 0 amide bonds. The van der Waals surface area contributed by atoms with Gasteiger partial charge in [0.15, 0.2) is 0 Å². The lowest BCUT2D eigenvalue weighted by atomic mass is 10.1. The Morgan fingerprint density at radius 2 is 2.10 bits per heavy atom. The molecular weight excluding hydrogens is 252 g/mol. The van der Waals surface area contributed by atoms with Gasteiger partial charge in [-0.3, -0.25) is 0 Å². The van der Waals surface area contributed by atoms with Crippen LogP contribution in [0.2, 0.25) is 0 Å². The summed E-state index contributed by atoms with van der Waals surface area (Å²) < 4.78 is 5.08. The zero-order valence-corrected chi connectivity index (χ0v) is 11.3. The number of anilines is 1. The minimum absolute atomic E-state index is 0.0249. The van der Waals surface area contributed by atoms with Crippen LogP contribution in [0.15, 0.2) is 53.3 Å². The summed E-state index contributed by atoms with van der Waals surface area (Å²) in [4.78, 5) is 6.68. The maximum Gasteiger partial charge on any atom is 0.134 e. The molecule has 0 bridgehead atoms. The zero-order valence-electron chi connectivity index (χ0n) is 11.3. The van der Waals surface area contributed by atoms with Crippen LogP contribution in [0.1, 0.15) is 11.1 Å². The van der Waals surface area contributed by atoms with Gasteiger partial charge in [-0.05, 0) is 18.2 Å². The second-order valence-corrected chi connectivity index (χ2v) is 4.81. The Bertz CT molecular complexity index is 708. The van der Waals surface area contributed by atoms with Crippen molar-refractivity contribution in [3.05, 3.63) is 60.1 Å². The Labute approximate surface area is 117 Å². The molecule has 3 aromatic rings. The topological polar surface area (TPSA) is 49.5 Å². The van der Waals surface area contributed by atoms with Crippen molar-refractivity contribution in [1.82, 2.24) is 4.98 Å². The average molecular weight is 268 g/mol. The van der Waals surface area contributed by atoms with Gasteiger partial charge in [0.25, 0.3) is 0 Å². The van der Waals surface area contributed by atoms with Gasteiger partial charge in [-0.15, -0.1) is 0 Å². The van der Waals surface area contributed by atoms with Crippen LogP contribution in [-0.4, -0.2) is 17.1 Å². The summed E-state index contributed by atoms with van der Waals surface area (Å²) in [6.45, 7) is 0.664. The molecule has 2 heterocycles. The first kappa shape index (κ1) is 12.7. The van der Waals surface area contributed by atoms with Crippen LogP contribution in [0, 0.1) is 0 Å². The summed E-state index contributed by atoms with van der Waals surface area (Å²) in [6, 6.07) is 11.8. The number of nitrogens with zero attached hydrogens (tertiary/aromatic N) is 2. The molecule has 20 heavy (non-hydrogen) atoms. The molecule has 0 aliphatic rings. The Hall–Kier alpha value is -2.33. The predicted octanol–water partition coefficient (Wildman–Crippen LogP) is 2.96. The Morgan fingerprint density at radius 3 is 2.85 bits per heavy atom. The lowest BCUT2D eigenvalue weighted by Gasteiger charge is -2.20. The molecule has 1 N–H and O–H groups in total. The molecule has 0 radical (unpaired) electrons. The smallest absolute Gasteiger partial charge is 0.134 e. The maximum atomic E-state index is 9.57. The second-order valence-electron chi connectivity index (χ2n) is 4.81. The summed E-state index contributed by atoms with van der Waals surface area (Å²) in [5, 5.41) is 10.6. The number of fused-ring (bicyclic) bond motifs is 1. The van der Waals surface area contributed by atoms with Crippen molar-refractivity contribution in [3.63, 3.8) is 0 Å². The van der Waals surface area contributed by atoms with E-state index in [2.05, 4.69) is 4.98 Å². The van der Waals surface area contributed by atoms with E-state index in [1.54, 1.807) is 12.5 Å². The number of hydrogen-bond donors (Lipinski definition) is 1. The van der Waals surface area contributed by atoms with E-state index in [9.17, 15) is 5.11 Å². The molecule has 0 aliphatic carbocycles. The number of aromatic nitrogens is 1. The summed E-state index contributed by atoms with van der Waals surface area (Å²) in [5.41, 5.74) is 2.83. The fourth-order valence-electron chi connectivity index (χ4n) is 2.33. The fourth-order valence-corrected chi connectivity index (χ4v) is 2.33. The Kier molecular flexibility index (Phi) is 3.39. The summed E-state index contributed by atoms with van der Waals surface area (Å²) in [5.74, 6) is 0.799. The van der Waals surface area contributed by atoms with E-state index >= 15 is 0 Å². The van der Waals surface area contributed by atoms with Crippen molar-refractivity contribution in [3.8, 4) is 0 Å². The van der Waals surface area contributed by atoms with Gasteiger partial charge in [0.2, 0.25) is 0 Å². The molecule has 4 nitrogen and oxygen atoms in total. The quantitative estimate of drug-likeness (QED) is 0.790. The average Bonchev–Trinajstić information content (AvgIpc) is 2.98. The molecule has 0 aliphatic heterocycles. The first-order valence-electron chi connectivity index (χ1n) is 6.49. The second kappa shape index (κ2) is 5.35. The fraction of sp³-hybridized carbons (Fsp3) is 0.188. The van der Waals surface area contributed by atoms with Crippen molar-refractivity contribution in [1.29, 1.82) is 0 Å². The maximum absolute atomic E-state index is 9.57. The highest BCUT2D eigenvalue weighted by atomic mass is 16.3. The van der Waals surface area contributed by atoms with Gasteiger partial charge < -0.3 is 14.4 Å². The zero-order chi connectivity index (χ0) is 13.9. The van der Waals surface area contributed by atoms with Crippen LogP contribution >= 0.6 is 0 Å². The lowest BCUT2D eigenvalue weighted by molar-refractivity contribution is 0.282. The van der Waals surface area contributed by atoms with E-state index < -0.39 is 0 Å². The minimum Gasteiger partial charge on any atom is -0.472 e. The Morgan fingerprint density at radius 1 is 1.25 bits per heavy atom. The van der Waals surface area contributed by atoms with Crippen LogP contribution in [0.4, 0.5) is 5.82 Å². The van der Waals surface area contributed by atoms with Crippen molar-refractivity contribution in [2.24, 2.45) is 0 Å². The van der Waals surface area contributed by atoms with E-state index in [0.717, 1.165) is 27.8 Å². The van der Waals surface area contributed by atoms with Gasteiger partial charge in [-0.1, -0.05) is 18.2 Å². The predicted molar refractivity (Wildman–Crippen MR) is 78.5 cm³/mol. The monoisotopic (exact) mass is 268 g/mol. The van der Waals surface area contributed by atoms with Crippen molar-refractivity contribution >= 4 is 16.7 Å². The van der Waals surface area contributed by atoms with Crippen molar-refractivity contribution in [2.45, 2.75) is 13.2 Å². The molecule has 0 saturated carbocycles. The van der Waals surface area contributed by atoms with Crippen LogP contribution in [0.3, 0.4) is 0 Å². The number of para-hydroxylation sites is 1. The molecule has 102 valence electrons. The third kappa shape index (κ3) is 2.38. The third-order valence-corrected chi connectivity index (χ3v) is 3.31. The van der Waals surface area contributed by atoms with Gasteiger partial charge in [0.1, 0.15) is 5.82 Å². The molecule has 0 spiro atoms. The number of aliphatic hydroxyl groups excluding tert-OH is 1. The summed E-state index contributed by atoms with van der Waals surface area (Å²) >= 11 is 0. The molecule has 3 rings (SSSR count). The van der Waals surface area contributed by atoms with Gasteiger partial charge in [-0.25, -0.2) is 4.98 Å². The number of furan rings is 1. The minimum atomic E-state index is -0.0249. The molecule has 0 saturated heterocycles. The molecular formula is C16H16N2O2. The molecule has 0 fully saturated rings. The van der Waals surface area contributed by atoms with E-state index in [1.165, 1.54) is 0 Å². The van der Waals surface area contributed by atoms with Gasteiger partial charge in [0, 0.05) is 30.1 Å². The van der Waals surface area contributed by atoms with Crippen molar-refractivity contribution in [2.75, 3.05) is 11.9 Å². The molecule has 0 atom stereocenters. The lowest BCUT2D eigenvalue weighted by Crippen LogP contribution is -2.19. The van der Waals surface area contributed by atoms with E-state index in [0.29, 0.717) is 6.54 Å². The molecule has 2 aromatic heterocycles. The van der Waals surface area contributed by atoms with E-state index in [1.807, 2.05) is 48.3 Å². The van der Waals surface area contributed by atoms with Gasteiger partial charge in [0.05, 0.1) is 24.6 Å². The van der Waals surface area contributed by atoms with E-state index in [-0.39, 0.29) is 6.61 Å². The highest BCUT2D eigenvalue weighted by Crippen LogP contribution is 2.24. The molecule has 0 unspecified atom stereocenters. The number of rotatable bonds is 4.